The quantitative estimate of drug-likeness (QED) is 0.0912. The fourth-order valence-corrected chi connectivity index (χ4v) is 4.12. The Bertz CT molecular complexity index is 964. The van der Waals surface area contributed by atoms with Crippen molar-refractivity contribution in [1.82, 2.24) is 26.6 Å². The van der Waals surface area contributed by atoms with E-state index in [-0.39, 0.29) is 0 Å². The van der Waals surface area contributed by atoms with Crippen molar-refractivity contribution < 1.29 is 53.9 Å². The normalized spacial score (nSPS) is 25.8. The van der Waals surface area contributed by atoms with Gasteiger partial charge in [0.2, 0.25) is 35.4 Å². The first-order valence-electron chi connectivity index (χ1n) is 13.1. The minimum atomic E-state index is -1.63. The third-order valence-corrected chi connectivity index (χ3v) is 6.56. The number of aliphatic hydroxyl groups excluding tert-OH is 4. The van der Waals surface area contributed by atoms with Crippen molar-refractivity contribution in [2.75, 3.05) is 6.61 Å². The average Bonchev–Trinajstić information content (AvgIpc) is 2.87. The Morgan fingerprint density at radius 1 is 0.878 bits per heavy atom. The highest BCUT2D eigenvalue weighted by Gasteiger charge is 2.45. The molecule has 0 unspecified atom stereocenters. The Morgan fingerprint density at radius 3 is 1.93 bits per heavy atom. The highest BCUT2D eigenvalue weighted by Crippen LogP contribution is 2.20. The van der Waals surface area contributed by atoms with Gasteiger partial charge in [0.1, 0.15) is 42.5 Å². The van der Waals surface area contributed by atoms with Crippen LogP contribution in [0.4, 0.5) is 0 Å². The lowest BCUT2D eigenvalue weighted by molar-refractivity contribution is -0.203. The monoisotopic (exact) mass is 590 g/mol. The van der Waals surface area contributed by atoms with Crippen molar-refractivity contribution in [2.45, 2.75) is 102 Å². The van der Waals surface area contributed by atoms with Crippen LogP contribution in [0.1, 0.15) is 47.5 Å². The van der Waals surface area contributed by atoms with Crippen LogP contribution in [-0.4, -0.2) is 117 Å². The second kappa shape index (κ2) is 16.2. The molecule has 10 atom stereocenters. The molecule has 0 radical (unpaired) electrons. The molecule has 1 saturated heterocycles. The largest absolute Gasteiger partial charge is 0.394 e. The van der Waals surface area contributed by atoms with E-state index in [1.807, 2.05) is 0 Å². The van der Waals surface area contributed by atoms with Gasteiger partial charge in [0.25, 0.3) is 0 Å². The summed E-state index contributed by atoms with van der Waals surface area (Å²) in [7, 11) is 0. The molecule has 17 heteroatoms. The summed E-state index contributed by atoms with van der Waals surface area (Å²) in [5.74, 6) is -5.47. The summed E-state index contributed by atoms with van der Waals surface area (Å²) in [6.45, 7) is 6.11. The van der Waals surface area contributed by atoms with Crippen molar-refractivity contribution in [3.05, 3.63) is 0 Å². The lowest BCUT2D eigenvalue weighted by atomic mass is 9.95. The van der Waals surface area contributed by atoms with E-state index in [4.69, 9.17) is 10.5 Å². The zero-order valence-electron chi connectivity index (χ0n) is 23.6. The molecule has 1 heterocycles. The van der Waals surface area contributed by atoms with Gasteiger partial charge in [-0.15, -0.1) is 0 Å². The molecule has 17 nitrogen and oxygen atoms in total. The van der Waals surface area contributed by atoms with Crippen LogP contribution in [0.15, 0.2) is 0 Å². The third-order valence-electron chi connectivity index (χ3n) is 6.56. The summed E-state index contributed by atoms with van der Waals surface area (Å²) < 4.78 is 5.44. The van der Waals surface area contributed by atoms with Gasteiger partial charge in [-0.25, -0.2) is 0 Å². The van der Waals surface area contributed by atoms with E-state index in [1.165, 1.54) is 6.92 Å². The maximum atomic E-state index is 13.2. The fraction of sp³-hybridized carbons (Fsp3) is 0.750. The number of rotatable bonds is 14. The van der Waals surface area contributed by atoms with Crippen molar-refractivity contribution >= 4 is 35.4 Å². The van der Waals surface area contributed by atoms with Gasteiger partial charge in [0.05, 0.1) is 19.1 Å². The third kappa shape index (κ3) is 10.5. The molecule has 0 saturated carbocycles. The number of amides is 6. The first kappa shape index (κ1) is 35.6. The Hall–Kier alpha value is -3.38. The van der Waals surface area contributed by atoms with Crippen molar-refractivity contribution in [3.8, 4) is 0 Å². The minimum absolute atomic E-state index is 0.392. The van der Waals surface area contributed by atoms with E-state index < -0.39 is 109 Å². The van der Waals surface area contributed by atoms with Crippen molar-refractivity contribution in [2.24, 2.45) is 11.7 Å². The number of ether oxygens (including phenoxy) is 1. The lowest BCUT2D eigenvalue weighted by Crippen LogP contribution is -2.68. The number of aliphatic hydroxyl groups is 4. The molecule has 1 aliphatic rings. The second-order valence-corrected chi connectivity index (χ2v) is 10.0. The van der Waals surface area contributed by atoms with E-state index in [2.05, 4.69) is 26.6 Å². The van der Waals surface area contributed by atoms with Gasteiger partial charge in [-0.2, -0.15) is 0 Å². The summed E-state index contributed by atoms with van der Waals surface area (Å²) in [6.07, 6.45) is -7.59. The van der Waals surface area contributed by atoms with Crippen molar-refractivity contribution in [3.63, 3.8) is 0 Å². The lowest BCUT2D eigenvalue weighted by Gasteiger charge is -2.42. The minimum Gasteiger partial charge on any atom is -0.394 e. The summed E-state index contributed by atoms with van der Waals surface area (Å²) in [5, 5.41) is 51.5. The summed E-state index contributed by atoms with van der Waals surface area (Å²) in [5.41, 5.74) is 5.23. The molecule has 0 aromatic rings. The van der Waals surface area contributed by atoms with Crippen LogP contribution in [0, 0.1) is 5.92 Å². The molecule has 0 aromatic heterocycles. The molecule has 41 heavy (non-hydrogen) atoms. The molecule has 1 rings (SSSR count). The Labute approximate surface area is 236 Å². The molecule has 234 valence electrons. The number of carbonyl (C=O) groups excluding carboxylic acids is 6. The zero-order chi connectivity index (χ0) is 31.6. The summed E-state index contributed by atoms with van der Waals surface area (Å²) in [6, 6.07) is -5.53. The topological polar surface area (TPSA) is 279 Å². The van der Waals surface area contributed by atoms with E-state index in [0.717, 1.165) is 13.8 Å². The molecule has 11 N–H and O–H groups in total. The first-order valence-corrected chi connectivity index (χ1v) is 13.1. The van der Waals surface area contributed by atoms with Gasteiger partial charge in [0, 0.05) is 13.8 Å². The maximum Gasteiger partial charge on any atom is 0.243 e. The highest BCUT2D eigenvalue weighted by atomic mass is 16.5. The van der Waals surface area contributed by atoms with Gasteiger partial charge in [-0.1, -0.05) is 20.3 Å². The van der Waals surface area contributed by atoms with Gasteiger partial charge in [-0.05, 0) is 12.8 Å². The van der Waals surface area contributed by atoms with Crippen molar-refractivity contribution in [1.29, 1.82) is 0 Å². The smallest absolute Gasteiger partial charge is 0.243 e. The molecular weight excluding hydrogens is 548 g/mol. The predicted molar refractivity (Wildman–Crippen MR) is 140 cm³/mol. The highest BCUT2D eigenvalue weighted by molar-refractivity contribution is 5.96. The van der Waals surface area contributed by atoms with Crippen LogP contribution in [0.5, 0.6) is 0 Å². The molecular formula is C24H42N6O11. The Balaban J connectivity index is 3.12. The van der Waals surface area contributed by atoms with Crippen LogP contribution in [0.2, 0.25) is 0 Å². The second-order valence-electron chi connectivity index (χ2n) is 10.0. The molecule has 0 spiro atoms. The average molecular weight is 591 g/mol. The van der Waals surface area contributed by atoms with Gasteiger partial charge >= 0.3 is 0 Å². The molecule has 1 aliphatic heterocycles. The van der Waals surface area contributed by atoms with Crippen LogP contribution in [0.25, 0.3) is 0 Å². The van der Waals surface area contributed by atoms with E-state index in [0.29, 0.717) is 6.42 Å². The number of carbonyl (C=O) groups is 6. The fourth-order valence-electron chi connectivity index (χ4n) is 4.12. The van der Waals surface area contributed by atoms with Crippen LogP contribution in [-0.2, 0) is 33.5 Å². The van der Waals surface area contributed by atoms with E-state index in [9.17, 15) is 49.2 Å². The SMILES string of the molecule is CC[C@H](C)[C@H](NC(=O)[C@H](CC(=O)N[C@@H]1O[C@H](CO)[C@@H](O)[C@H](O)[C@H]1NC(C)=O)NC(C)=O)C(=O)N[C@H](C(N)=O)[C@@H](C)O. The molecule has 0 bridgehead atoms. The molecule has 0 aliphatic carbocycles. The van der Waals surface area contributed by atoms with Crippen LogP contribution < -0.4 is 32.3 Å². The predicted octanol–water partition coefficient (Wildman–Crippen LogP) is -5.18. The first-order chi connectivity index (χ1) is 19.0. The number of primary amides is 1. The van der Waals surface area contributed by atoms with E-state index >= 15 is 0 Å². The Kier molecular flexibility index (Phi) is 14.1. The van der Waals surface area contributed by atoms with E-state index in [1.54, 1.807) is 13.8 Å². The summed E-state index contributed by atoms with van der Waals surface area (Å²) >= 11 is 0. The standard InChI is InChI=1S/C24H42N6O11/c1-6-9(2)16(23(40)30-17(10(3)32)21(25)38)29-22(39)13(26-11(4)33)7-15(35)28-24-18(27-12(5)34)20(37)19(36)14(8-31)41-24/h9-10,13-14,16-20,24,31-32,36-37H,6-8H2,1-5H3,(H2,25,38)(H,26,33)(H,27,34)(H,28,35)(H,29,39)(H,30,40)/t9-,10+,13-,14+,16-,17-,18+,19+,20+,24+/m0/s1. The van der Waals surface area contributed by atoms with Crippen LogP contribution >= 0.6 is 0 Å². The zero-order valence-corrected chi connectivity index (χ0v) is 23.6. The number of hydrogen-bond donors (Lipinski definition) is 10. The summed E-state index contributed by atoms with van der Waals surface area (Å²) in [4.78, 5) is 74.1. The molecule has 0 aromatic carbocycles. The Morgan fingerprint density at radius 2 is 1.46 bits per heavy atom. The van der Waals surface area contributed by atoms with Crippen LogP contribution in [0.3, 0.4) is 0 Å². The van der Waals surface area contributed by atoms with Gasteiger partial charge < -0.3 is 57.5 Å². The maximum absolute atomic E-state index is 13.2. The van der Waals surface area contributed by atoms with Gasteiger partial charge in [-0.3, -0.25) is 28.8 Å². The number of hydrogen-bond acceptors (Lipinski definition) is 11. The van der Waals surface area contributed by atoms with Gasteiger partial charge in [0.15, 0.2) is 6.23 Å². The number of nitrogens with two attached hydrogens (primary N) is 1. The number of nitrogens with one attached hydrogen (secondary N) is 5. The molecule has 1 fully saturated rings. The molecule has 6 amide bonds.